The third kappa shape index (κ3) is 2.53. The Morgan fingerprint density at radius 2 is 2.15 bits per heavy atom. The number of anilines is 1. The summed E-state index contributed by atoms with van der Waals surface area (Å²) in [7, 11) is 0. The highest BCUT2D eigenvalue weighted by Gasteiger charge is 2.36. The Hall–Kier alpha value is -1.16. The number of fused-ring (bicyclic) bond motifs is 1. The average Bonchev–Trinajstić information content (AvgIpc) is 2.48. The molecule has 0 spiro atoms. The smallest absolute Gasteiger partial charge is 0.254 e. The Labute approximate surface area is 124 Å². The van der Waals surface area contributed by atoms with Gasteiger partial charge in [-0.1, -0.05) is 18.9 Å². The van der Waals surface area contributed by atoms with Gasteiger partial charge >= 0.3 is 0 Å². The lowest BCUT2D eigenvalue weighted by Crippen LogP contribution is -2.51. The monoisotopic (exact) mass is 290 g/mol. The van der Waals surface area contributed by atoms with Crippen LogP contribution in [0.4, 0.5) is 5.69 Å². The zero-order valence-corrected chi connectivity index (χ0v) is 12.8. The van der Waals surface area contributed by atoms with Gasteiger partial charge in [-0.25, -0.2) is 0 Å². The summed E-state index contributed by atoms with van der Waals surface area (Å²) in [5.74, 6) is 1.24. The second-order valence-electron chi connectivity index (χ2n) is 5.83. The standard InChI is InChI=1S/C16H22N2OS/c1-11-6-7-12(17)10-13(11)16(19)18-8-9-20-15-5-3-2-4-14(15)18/h6-7,10,14-15H,2-5,8-9,17H2,1H3. The highest BCUT2D eigenvalue weighted by atomic mass is 32.2. The van der Waals surface area contributed by atoms with Crippen LogP contribution in [0, 0.1) is 6.92 Å². The Morgan fingerprint density at radius 3 is 3.00 bits per heavy atom. The van der Waals surface area contributed by atoms with Crippen LogP contribution in [0.3, 0.4) is 0 Å². The number of hydrogen-bond acceptors (Lipinski definition) is 3. The fourth-order valence-corrected chi connectivity index (χ4v) is 4.82. The van der Waals surface area contributed by atoms with E-state index in [1.54, 1.807) is 0 Å². The number of benzene rings is 1. The lowest BCUT2D eigenvalue weighted by atomic mass is 9.92. The Bertz CT molecular complexity index is 515. The molecule has 1 aromatic carbocycles. The molecule has 2 unspecified atom stereocenters. The summed E-state index contributed by atoms with van der Waals surface area (Å²) in [4.78, 5) is 15.0. The molecule has 1 heterocycles. The zero-order chi connectivity index (χ0) is 14.1. The number of amides is 1. The van der Waals surface area contributed by atoms with Crippen molar-refractivity contribution in [1.29, 1.82) is 0 Å². The van der Waals surface area contributed by atoms with Crippen LogP contribution in [0.1, 0.15) is 41.6 Å². The van der Waals surface area contributed by atoms with Crippen molar-refractivity contribution in [2.24, 2.45) is 0 Å². The van der Waals surface area contributed by atoms with Crippen LogP contribution in [-0.4, -0.2) is 34.4 Å². The number of nitrogen functional groups attached to an aromatic ring is 1. The molecule has 20 heavy (non-hydrogen) atoms. The van der Waals surface area contributed by atoms with Crippen molar-refractivity contribution in [3.05, 3.63) is 29.3 Å². The molecule has 0 radical (unpaired) electrons. The third-order valence-electron chi connectivity index (χ3n) is 4.49. The van der Waals surface area contributed by atoms with Gasteiger partial charge in [-0.15, -0.1) is 0 Å². The molecule has 0 aromatic heterocycles. The molecule has 2 fully saturated rings. The van der Waals surface area contributed by atoms with E-state index in [1.165, 1.54) is 19.3 Å². The van der Waals surface area contributed by atoms with Gasteiger partial charge in [-0.2, -0.15) is 11.8 Å². The molecular formula is C16H22N2OS. The number of hydrogen-bond donors (Lipinski definition) is 1. The van der Waals surface area contributed by atoms with Crippen LogP contribution < -0.4 is 5.73 Å². The van der Waals surface area contributed by atoms with Gasteiger partial charge in [0.1, 0.15) is 0 Å². The summed E-state index contributed by atoms with van der Waals surface area (Å²) in [6, 6.07) is 6.06. The molecule has 1 aliphatic carbocycles. The summed E-state index contributed by atoms with van der Waals surface area (Å²) >= 11 is 2.05. The van der Waals surface area contributed by atoms with E-state index >= 15 is 0 Å². The van der Waals surface area contributed by atoms with E-state index in [0.717, 1.165) is 29.8 Å². The lowest BCUT2D eigenvalue weighted by Gasteiger charge is -2.43. The molecule has 3 rings (SSSR count). The molecule has 2 atom stereocenters. The van der Waals surface area contributed by atoms with E-state index in [2.05, 4.69) is 16.7 Å². The largest absolute Gasteiger partial charge is 0.399 e. The van der Waals surface area contributed by atoms with Gasteiger partial charge < -0.3 is 10.6 Å². The maximum atomic E-state index is 12.9. The number of rotatable bonds is 1. The van der Waals surface area contributed by atoms with Crippen molar-refractivity contribution in [3.8, 4) is 0 Å². The van der Waals surface area contributed by atoms with Crippen molar-refractivity contribution in [2.75, 3.05) is 18.0 Å². The van der Waals surface area contributed by atoms with Gasteiger partial charge in [0.05, 0.1) is 0 Å². The summed E-state index contributed by atoms with van der Waals surface area (Å²) in [6.45, 7) is 2.86. The molecule has 2 aliphatic rings. The number of carbonyl (C=O) groups is 1. The Kier molecular flexibility index (Phi) is 3.92. The molecule has 1 amide bonds. The SMILES string of the molecule is Cc1ccc(N)cc1C(=O)N1CCSC2CCCCC21. The van der Waals surface area contributed by atoms with Gasteiger partial charge in [-0.05, 0) is 37.5 Å². The van der Waals surface area contributed by atoms with E-state index in [-0.39, 0.29) is 5.91 Å². The van der Waals surface area contributed by atoms with Crippen molar-refractivity contribution in [2.45, 2.75) is 43.9 Å². The number of carbonyl (C=O) groups excluding carboxylic acids is 1. The van der Waals surface area contributed by atoms with Crippen LogP contribution in [0.5, 0.6) is 0 Å². The van der Waals surface area contributed by atoms with Crippen LogP contribution in [-0.2, 0) is 0 Å². The molecular weight excluding hydrogens is 268 g/mol. The number of aryl methyl sites for hydroxylation is 1. The summed E-state index contributed by atoms with van der Waals surface area (Å²) in [5, 5.41) is 0.641. The second kappa shape index (κ2) is 5.68. The van der Waals surface area contributed by atoms with Crippen LogP contribution in [0.15, 0.2) is 18.2 Å². The number of thioether (sulfide) groups is 1. The normalized spacial score (nSPS) is 26.1. The minimum atomic E-state index is 0.173. The third-order valence-corrected chi connectivity index (χ3v) is 5.88. The first-order valence-electron chi connectivity index (χ1n) is 7.45. The van der Waals surface area contributed by atoms with E-state index in [0.29, 0.717) is 17.0 Å². The topological polar surface area (TPSA) is 46.3 Å². The van der Waals surface area contributed by atoms with E-state index in [4.69, 9.17) is 5.73 Å². The maximum absolute atomic E-state index is 12.9. The number of nitrogens with two attached hydrogens (primary N) is 1. The van der Waals surface area contributed by atoms with Gasteiger partial charge in [0.2, 0.25) is 0 Å². The Morgan fingerprint density at radius 1 is 1.35 bits per heavy atom. The van der Waals surface area contributed by atoms with Gasteiger partial charge in [0.25, 0.3) is 5.91 Å². The van der Waals surface area contributed by atoms with E-state index in [1.807, 2.05) is 25.1 Å². The molecule has 1 saturated carbocycles. The highest BCUT2D eigenvalue weighted by Crippen LogP contribution is 2.36. The minimum Gasteiger partial charge on any atom is -0.399 e. The lowest BCUT2D eigenvalue weighted by molar-refractivity contribution is 0.0645. The van der Waals surface area contributed by atoms with Crippen molar-refractivity contribution >= 4 is 23.4 Å². The summed E-state index contributed by atoms with van der Waals surface area (Å²) in [5.41, 5.74) is 8.33. The predicted molar refractivity (Wildman–Crippen MR) is 85.1 cm³/mol. The van der Waals surface area contributed by atoms with E-state index in [9.17, 15) is 4.79 Å². The maximum Gasteiger partial charge on any atom is 0.254 e. The first-order valence-corrected chi connectivity index (χ1v) is 8.50. The van der Waals surface area contributed by atoms with Crippen molar-refractivity contribution in [3.63, 3.8) is 0 Å². The van der Waals surface area contributed by atoms with Gasteiger partial charge in [-0.3, -0.25) is 4.79 Å². The average molecular weight is 290 g/mol. The summed E-state index contributed by atoms with van der Waals surface area (Å²) in [6.07, 6.45) is 4.98. The molecule has 2 N–H and O–H groups in total. The fraction of sp³-hybridized carbons (Fsp3) is 0.562. The Balaban J connectivity index is 1.87. The second-order valence-corrected chi connectivity index (χ2v) is 7.18. The molecule has 1 aliphatic heterocycles. The minimum absolute atomic E-state index is 0.173. The van der Waals surface area contributed by atoms with Crippen LogP contribution >= 0.6 is 11.8 Å². The molecule has 0 bridgehead atoms. The van der Waals surface area contributed by atoms with Crippen LogP contribution in [0.2, 0.25) is 0 Å². The number of nitrogens with zero attached hydrogens (tertiary/aromatic N) is 1. The predicted octanol–water partition coefficient (Wildman–Crippen LogP) is 3.08. The van der Waals surface area contributed by atoms with E-state index < -0.39 is 0 Å². The molecule has 1 saturated heterocycles. The van der Waals surface area contributed by atoms with Gasteiger partial charge in [0.15, 0.2) is 0 Å². The van der Waals surface area contributed by atoms with Crippen LogP contribution in [0.25, 0.3) is 0 Å². The fourth-order valence-electron chi connectivity index (χ4n) is 3.37. The van der Waals surface area contributed by atoms with Crippen molar-refractivity contribution < 1.29 is 4.79 Å². The molecule has 108 valence electrons. The molecule has 3 nitrogen and oxygen atoms in total. The summed E-state index contributed by atoms with van der Waals surface area (Å²) < 4.78 is 0. The molecule has 4 heteroatoms. The highest BCUT2D eigenvalue weighted by molar-refractivity contribution is 8.00. The first kappa shape index (κ1) is 13.8. The molecule has 1 aromatic rings. The van der Waals surface area contributed by atoms with Crippen molar-refractivity contribution in [1.82, 2.24) is 4.90 Å². The zero-order valence-electron chi connectivity index (χ0n) is 12.0. The van der Waals surface area contributed by atoms with Gasteiger partial charge in [0, 0.05) is 34.8 Å². The quantitative estimate of drug-likeness (QED) is 0.809. The first-order chi connectivity index (χ1) is 9.66.